The highest BCUT2D eigenvalue weighted by atomic mass is 16.5. The fourth-order valence-corrected chi connectivity index (χ4v) is 3.00. The fraction of sp³-hybridized carbons (Fsp3) is 0.316. The molecule has 23 heavy (non-hydrogen) atoms. The smallest absolute Gasteiger partial charge is 0.315 e. The Hall–Kier alpha value is -2.49. The average molecular weight is 308 g/mol. The number of carbonyl (C=O) groups excluding carboxylic acids is 1. The van der Waals surface area contributed by atoms with Gasteiger partial charge in [0, 0.05) is 12.1 Å². The summed E-state index contributed by atoms with van der Waals surface area (Å²) >= 11 is 0. The molecule has 1 saturated carbocycles. The van der Waals surface area contributed by atoms with Gasteiger partial charge in [-0.05, 0) is 36.0 Å². The minimum absolute atomic E-state index is 0.0801. The van der Waals surface area contributed by atoms with Crippen LogP contribution in [-0.4, -0.2) is 12.6 Å². The lowest BCUT2D eigenvalue weighted by atomic mass is 10.1. The molecule has 2 aromatic rings. The van der Waals surface area contributed by atoms with Gasteiger partial charge < -0.3 is 15.4 Å². The van der Waals surface area contributed by atoms with E-state index in [1.54, 1.807) is 0 Å². The number of ether oxygens (including phenoxy) is 1. The first-order chi connectivity index (χ1) is 11.3. The molecule has 0 spiro atoms. The first kappa shape index (κ1) is 14.1. The Labute approximate surface area is 135 Å². The predicted octanol–water partition coefficient (Wildman–Crippen LogP) is 3.50. The quantitative estimate of drug-likeness (QED) is 0.908. The summed E-state index contributed by atoms with van der Waals surface area (Å²) in [5, 5.41) is 5.89. The van der Waals surface area contributed by atoms with Crippen LogP contribution in [0.25, 0.3) is 0 Å². The van der Waals surface area contributed by atoms with Gasteiger partial charge in [-0.15, -0.1) is 0 Å². The van der Waals surface area contributed by atoms with Crippen molar-refractivity contribution in [2.75, 3.05) is 6.61 Å². The van der Waals surface area contributed by atoms with Gasteiger partial charge in [-0.2, -0.15) is 0 Å². The summed E-state index contributed by atoms with van der Waals surface area (Å²) in [5.74, 6) is 1.62. The van der Waals surface area contributed by atoms with Crippen molar-refractivity contribution in [3.05, 3.63) is 65.2 Å². The van der Waals surface area contributed by atoms with Gasteiger partial charge in [0.2, 0.25) is 0 Å². The van der Waals surface area contributed by atoms with E-state index < -0.39 is 0 Å². The Bertz CT molecular complexity index is 708. The number of para-hydroxylation sites is 1. The van der Waals surface area contributed by atoms with Crippen molar-refractivity contribution in [1.82, 2.24) is 10.6 Å². The number of fused-ring (bicyclic) bond motifs is 1. The predicted molar refractivity (Wildman–Crippen MR) is 88.5 cm³/mol. The van der Waals surface area contributed by atoms with Gasteiger partial charge in [0.15, 0.2) is 0 Å². The van der Waals surface area contributed by atoms with Crippen LogP contribution in [0.2, 0.25) is 0 Å². The zero-order chi connectivity index (χ0) is 15.6. The molecular formula is C19H20N2O2. The zero-order valence-electron chi connectivity index (χ0n) is 12.9. The average Bonchev–Trinajstić information content (AvgIpc) is 3.36. The molecule has 1 heterocycles. The van der Waals surface area contributed by atoms with Crippen LogP contribution in [0.15, 0.2) is 48.5 Å². The zero-order valence-corrected chi connectivity index (χ0v) is 12.9. The van der Waals surface area contributed by atoms with Crippen molar-refractivity contribution >= 4 is 6.03 Å². The summed E-state index contributed by atoms with van der Waals surface area (Å²) in [6.45, 7) is 1.02. The normalized spacial score (nSPS) is 18.9. The number of hydrogen-bond acceptors (Lipinski definition) is 2. The number of amides is 2. The highest BCUT2D eigenvalue weighted by Gasteiger charge is 2.25. The van der Waals surface area contributed by atoms with E-state index in [0.717, 1.165) is 22.8 Å². The Kier molecular flexibility index (Phi) is 3.66. The molecule has 0 radical (unpaired) electrons. The molecule has 1 aliphatic heterocycles. The molecule has 1 aliphatic carbocycles. The molecule has 2 N–H and O–H groups in total. The molecule has 1 atom stereocenters. The van der Waals surface area contributed by atoms with Crippen molar-refractivity contribution < 1.29 is 9.53 Å². The Morgan fingerprint density at radius 3 is 2.65 bits per heavy atom. The van der Waals surface area contributed by atoms with E-state index in [2.05, 4.69) is 34.9 Å². The van der Waals surface area contributed by atoms with Crippen molar-refractivity contribution in [2.45, 2.75) is 31.3 Å². The minimum atomic E-state index is -0.165. The molecule has 118 valence electrons. The first-order valence-corrected chi connectivity index (χ1v) is 8.14. The first-order valence-electron chi connectivity index (χ1n) is 8.14. The Balaban J connectivity index is 1.30. The van der Waals surface area contributed by atoms with Crippen LogP contribution in [0.5, 0.6) is 5.75 Å². The number of hydrogen-bond donors (Lipinski definition) is 2. The SMILES string of the molecule is O=C(NCc1ccc(C2CC2)cc1)N[C@H]1COc2ccccc21. The van der Waals surface area contributed by atoms with Gasteiger partial charge in [-0.3, -0.25) is 0 Å². The minimum Gasteiger partial charge on any atom is -0.491 e. The molecule has 1 fully saturated rings. The largest absolute Gasteiger partial charge is 0.491 e. The lowest BCUT2D eigenvalue weighted by Gasteiger charge is -2.13. The molecular weight excluding hydrogens is 288 g/mol. The molecule has 2 amide bonds. The molecule has 4 heteroatoms. The van der Waals surface area contributed by atoms with Crippen molar-refractivity contribution in [1.29, 1.82) is 0 Å². The third-order valence-corrected chi connectivity index (χ3v) is 4.49. The Morgan fingerprint density at radius 1 is 1.09 bits per heavy atom. The molecule has 0 saturated heterocycles. The van der Waals surface area contributed by atoms with Crippen molar-refractivity contribution in [3.63, 3.8) is 0 Å². The maximum Gasteiger partial charge on any atom is 0.315 e. The van der Waals surface area contributed by atoms with E-state index in [4.69, 9.17) is 4.74 Å². The molecule has 0 unspecified atom stereocenters. The Morgan fingerprint density at radius 2 is 1.87 bits per heavy atom. The molecule has 4 nitrogen and oxygen atoms in total. The van der Waals surface area contributed by atoms with Gasteiger partial charge in [0.1, 0.15) is 12.4 Å². The third kappa shape index (κ3) is 3.16. The van der Waals surface area contributed by atoms with Crippen LogP contribution in [0.4, 0.5) is 4.79 Å². The number of urea groups is 1. The van der Waals surface area contributed by atoms with Crippen LogP contribution in [0, 0.1) is 0 Å². The van der Waals surface area contributed by atoms with Gasteiger partial charge in [0.25, 0.3) is 0 Å². The van der Waals surface area contributed by atoms with Crippen LogP contribution in [0.3, 0.4) is 0 Å². The van der Waals surface area contributed by atoms with E-state index in [1.807, 2.05) is 24.3 Å². The summed E-state index contributed by atoms with van der Waals surface area (Å²) in [6.07, 6.45) is 2.62. The lowest BCUT2D eigenvalue weighted by Crippen LogP contribution is -2.38. The number of nitrogens with one attached hydrogen (secondary N) is 2. The molecule has 4 rings (SSSR count). The van der Waals surface area contributed by atoms with Crippen molar-refractivity contribution in [2.24, 2.45) is 0 Å². The van der Waals surface area contributed by atoms with Crippen LogP contribution in [0.1, 0.15) is 41.5 Å². The summed E-state index contributed by atoms with van der Waals surface area (Å²) in [6, 6.07) is 16.1. The molecule has 2 aromatic carbocycles. The number of benzene rings is 2. The molecule has 0 bridgehead atoms. The highest BCUT2D eigenvalue weighted by molar-refractivity contribution is 5.74. The van der Waals surface area contributed by atoms with Crippen LogP contribution in [-0.2, 0) is 6.54 Å². The summed E-state index contributed by atoms with van der Waals surface area (Å²) in [5.41, 5.74) is 3.57. The second kappa shape index (κ2) is 5.95. The van der Waals surface area contributed by atoms with Crippen LogP contribution >= 0.6 is 0 Å². The molecule has 2 aliphatic rings. The van der Waals surface area contributed by atoms with Gasteiger partial charge in [-0.25, -0.2) is 4.79 Å². The maximum atomic E-state index is 12.1. The van der Waals surface area contributed by atoms with E-state index in [1.165, 1.54) is 18.4 Å². The van der Waals surface area contributed by atoms with Crippen LogP contribution < -0.4 is 15.4 Å². The maximum absolute atomic E-state index is 12.1. The highest BCUT2D eigenvalue weighted by Crippen LogP contribution is 2.39. The standard InChI is InChI=1S/C19H20N2O2/c22-19(21-17-12-23-18-4-2-1-3-16(17)18)20-11-13-5-7-14(8-6-13)15-9-10-15/h1-8,15,17H,9-12H2,(H2,20,21,22)/t17-/m0/s1. The summed E-state index contributed by atoms with van der Waals surface area (Å²) in [4.78, 5) is 12.1. The topological polar surface area (TPSA) is 50.4 Å². The second-order valence-electron chi connectivity index (χ2n) is 6.24. The lowest BCUT2D eigenvalue weighted by molar-refractivity contribution is 0.231. The molecule has 0 aromatic heterocycles. The van der Waals surface area contributed by atoms with E-state index in [0.29, 0.717) is 13.2 Å². The third-order valence-electron chi connectivity index (χ3n) is 4.49. The van der Waals surface area contributed by atoms with E-state index >= 15 is 0 Å². The van der Waals surface area contributed by atoms with Gasteiger partial charge >= 0.3 is 6.03 Å². The second-order valence-corrected chi connectivity index (χ2v) is 6.24. The monoisotopic (exact) mass is 308 g/mol. The van der Waals surface area contributed by atoms with E-state index in [-0.39, 0.29) is 12.1 Å². The van der Waals surface area contributed by atoms with Gasteiger partial charge in [-0.1, -0.05) is 42.5 Å². The number of rotatable bonds is 4. The van der Waals surface area contributed by atoms with Gasteiger partial charge in [0.05, 0.1) is 6.04 Å². The fourth-order valence-electron chi connectivity index (χ4n) is 3.00. The number of carbonyl (C=O) groups is 1. The van der Waals surface area contributed by atoms with Crippen molar-refractivity contribution in [3.8, 4) is 5.75 Å². The summed E-state index contributed by atoms with van der Waals surface area (Å²) in [7, 11) is 0. The van der Waals surface area contributed by atoms with E-state index in [9.17, 15) is 4.79 Å². The summed E-state index contributed by atoms with van der Waals surface area (Å²) < 4.78 is 5.57.